The van der Waals surface area contributed by atoms with Crippen LogP contribution in [0.5, 0.6) is 0 Å². The average Bonchev–Trinajstić information content (AvgIpc) is 2.96. The van der Waals surface area contributed by atoms with Gasteiger partial charge in [-0.2, -0.15) is 0 Å². The van der Waals surface area contributed by atoms with Crippen LogP contribution in [0.2, 0.25) is 5.02 Å². The van der Waals surface area contributed by atoms with Crippen LogP contribution in [0, 0.1) is 0 Å². The smallest absolute Gasteiger partial charge is 0.251 e. The van der Waals surface area contributed by atoms with Crippen molar-refractivity contribution >= 4 is 45.9 Å². The van der Waals surface area contributed by atoms with E-state index in [4.69, 9.17) is 17.3 Å². The van der Waals surface area contributed by atoms with Crippen molar-refractivity contribution in [2.24, 2.45) is 5.73 Å². The van der Waals surface area contributed by atoms with Crippen LogP contribution in [0.1, 0.15) is 48.0 Å². The van der Waals surface area contributed by atoms with Crippen LogP contribution in [0.4, 0.5) is 10.7 Å². The molecule has 1 aliphatic rings. The number of hydrogen-bond donors (Lipinski definition) is 3. The molecule has 0 spiro atoms. The van der Waals surface area contributed by atoms with Crippen molar-refractivity contribution in [3.8, 4) is 0 Å². The summed E-state index contributed by atoms with van der Waals surface area (Å²) in [5.74, 6) is -0.309. The van der Waals surface area contributed by atoms with Crippen LogP contribution < -0.4 is 16.4 Å². The van der Waals surface area contributed by atoms with Crippen LogP contribution >= 0.6 is 22.9 Å². The maximum Gasteiger partial charge on any atom is 0.251 e. The molecule has 2 heterocycles. The van der Waals surface area contributed by atoms with Gasteiger partial charge >= 0.3 is 0 Å². The molecule has 29 heavy (non-hydrogen) atoms. The number of nitrogens with zero attached hydrogens (tertiary/aromatic N) is 1. The fraction of sp³-hybridized carbons (Fsp3) is 0.429. The van der Waals surface area contributed by atoms with Gasteiger partial charge < -0.3 is 16.4 Å². The van der Waals surface area contributed by atoms with Crippen LogP contribution in [0.15, 0.2) is 24.3 Å². The quantitative estimate of drug-likeness (QED) is 0.595. The number of amides is 2. The molecular formula is C21H31ClN4O2S. The number of benzene rings is 1. The van der Waals surface area contributed by atoms with Crippen molar-refractivity contribution in [1.82, 2.24) is 4.90 Å². The largest absolute Gasteiger partial charge is 0.379 e. The van der Waals surface area contributed by atoms with Gasteiger partial charge in [0.1, 0.15) is 5.00 Å². The summed E-state index contributed by atoms with van der Waals surface area (Å²) in [5.41, 5.74) is 8.12. The summed E-state index contributed by atoms with van der Waals surface area (Å²) in [6.45, 7) is 9.27. The molecule has 4 N–H and O–H groups in total. The Bertz CT molecular complexity index is 778. The molecule has 0 fully saturated rings. The van der Waals surface area contributed by atoms with E-state index in [0.29, 0.717) is 17.0 Å². The number of anilines is 2. The molecule has 0 saturated heterocycles. The van der Waals surface area contributed by atoms with E-state index in [1.165, 1.54) is 10.4 Å². The standard InChI is InChI=1S/C12H19N3OS.C7H6ClNO.C2H6/c1-3-15-6-4-5-8-9(7-15)17-12(14-2)10(8)11(13)16;8-6-1-3-7(4-2-6)9-5-10;1-2/h14H,3-7H2,1-2H3,(H2,13,16);1-5H,(H,9,10);1-2H3. The topological polar surface area (TPSA) is 87.5 Å². The lowest BCUT2D eigenvalue weighted by atomic mass is 10.1. The lowest BCUT2D eigenvalue weighted by Gasteiger charge is -2.16. The van der Waals surface area contributed by atoms with E-state index in [1.807, 2.05) is 20.9 Å². The Morgan fingerprint density at radius 2 is 1.97 bits per heavy atom. The van der Waals surface area contributed by atoms with Crippen molar-refractivity contribution in [1.29, 1.82) is 0 Å². The number of rotatable bonds is 5. The fourth-order valence-corrected chi connectivity index (χ4v) is 4.36. The average molecular weight is 439 g/mol. The summed E-state index contributed by atoms with van der Waals surface area (Å²) in [6, 6.07) is 6.90. The first-order chi connectivity index (χ1) is 14.0. The van der Waals surface area contributed by atoms with Gasteiger partial charge in [-0.15, -0.1) is 11.3 Å². The van der Waals surface area contributed by atoms with Crippen molar-refractivity contribution in [2.45, 2.75) is 40.2 Å². The minimum atomic E-state index is -0.309. The number of hydrogen-bond acceptors (Lipinski definition) is 5. The predicted octanol–water partition coefficient (Wildman–Crippen LogP) is 4.59. The molecule has 0 bridgehead atoms. The van der Waals surface area contributed by atoms with Crippen LogP contribution in [0.3, 0.4) is 0 Å². The second-order valence-corrected chi connectivity index (χ2v) is 7.61. The monoisotopic (exact) mass is 438 g/mol. The molecule has 0 atom stereocenters. The Morgan fingerprint density at radius 3 is 2.48 bits per heavy atom. The minimum absolute atomic E-state index is 0.309. The Kier molecular flexibility index (Phi) is 11.3. The summed E-state index contributed by atoms with van der Waals surface area (Å²) < 4.78 is 0. The molecule has 0 unspecified atom stereocenters. The predicted molar refractivity (Wildman–Crippen MR) is 124 cm³/mol. The number of carbonyl (C=O) groups excluding carboxylic acids is 2. The SMILES string of the molecule is CC.CCN1CCCc2c(sc(NC)c2C(N)=O)C1.O=CNc1ccc(Cl)cc1. The van der Waals surface area contributed by atoms with E-state index in [-0.39, 0.29) is 5.91 Å². The summed E-state index contributed by atoms with van der Waals surface area (Å²) in [4.78, 5) is 25.2. The summed E-state index contributed by atoms with van der Waals surface area (Å²) in [7, 11) is 1.84. The molecule has 2 aromatic rings. The van der Waals surface area contributed by atoms with E-state index >= 15 is 0 Å². The number of halogens is 1. The normalized spacial score (nSPS) is 12.9. The molecule has 160 valence electrons. The summed E-state index contributed by atoms with van der Waals surface area (Å²) in [6.07, 6.45) is 2.69. The molecule has 8 heteroatoms. The molecule has 1 aliphatic heterocycles. The summed E-state index contributed by atoms with van der Waals surface area (Å²) >= 11 is 7.26. The molecule has 0 aliphatic carbocycles. The first-order valence-electron chi connectivity index (χ1n) is 9.80. The maximum absolute atomic E-state index is 11.6. The van der Waals surface area contributed by atoms with E-state index in [9.17, 15) is 9.59 Å². The molecule has 6 nitrogen and oxygen atoms in total. The van der Waals surface area contributed by atoms with Crippen molar-refractivity contribution in [2.75, 3.05) is 30.8 Å². The van der Waals surface area contributed by atoms with E-state index < -0.39 is 0 Å². The van der Waals surface area contributed by atoms with Gasteiger partial charge in [0, 0.05) is 29.2 Å². The number of nitrogens with one attached hydrogen (secondary N) is 2. The van der Waals surface area contributed by atoms with Gasteiger partial charge in [-0.25, -0.2) is 0 Å². The first kappa shape index (κ1) is 24.9. The zero-order valence-corrected chi connectivity index (χ0v) is 19.1. The third-order valence-electron chi connectivity index (χ3n) is 4.35. The van der Waals surface area contributed by atoms with E-state index in [1.54, 1.807) is 35.6 Å². The lowest BCUT2D eigenvalue weighted by Crippen LogP contribution is -2.22. The van der Waals surface area contributed by atoms with Gasteiger partial charge in [0.25, 0.3) is 5.91 Å². The molecule has 0 saturated carbocycles. The highest BCUT2D eigenvalue weighted by Crippen LogP contribution is 2.36. The van der Waals surface area contributed by atoms with Gasteiger partial charge in [0.05, 0.1) is 5.56 Å². The Labute approximate surface area is 182 Å². The Hall–Kier alpha value is -2.09. The molecule has 2 amide bonds. The Balaban J connectivity index is 0.000000299. The summed E-state index contributed by atoms with van der Waals surface area (Å²) in [5, 5.41) is 7.16. The highest BCUT2D eigenvalue weighted by Gasteiger charge is 2.24. The number of primary amides is 1. The Morgan fingerprint density at radius 1 is 1.31 bits per heavy atom. The van der Waals surface area contributed by atoms with Gasteiger partial charge in [-0.05, 0) is 55.8 Å². The van der Waals surface area contributed by atoms with Gasteiger partial charge in [-0.3, -0.25) is 14.5 Å². The molecular weight excluding hydrogens is 408 g/mol. The lowest BCUT2D eigenvalue weighted by molar-refractivity contribution is -0.105. The van der Waals surface area contributed by atoms with E-state index in [2.05, 4.69) is 22.5 Å². The zero-order valence-electron chi connectivity index (χ0n) is 17.5. The van der Waals surface area contributed by atoms with Crippen LogP contribution in [-0.4, -0.2) is 37.4 Å². The van der Waals surface area contributed by atoms with Crippen molar-refractivity contribution < 1.29 is 9.59 Å². The van der Waals surface area contributed by atoms with Crippen molar-refractivity contribution in [3.63, 3.8) is 0 Å². The number of nitrogens with two attached hydrogens (primary N) is 1. The van der Waals surface area contributed by atoms with Gasteiger partial charge in [0.15, 0.2) is 0 Å². The molecule has 3 rings (SSSR count). The third kappa shape index (κ3) is 7.34. The third-order valence-corrected chi connectivity index (χ3v) is 5.84. The number of fused-ring (bicyclic) bond motifs is 1. The molecule has 1 aromatic heterocycles. The second kappa shape index (κ2) is 13.2. The fourth-order valence-electron chi connectivity index (χ4n) is 2.99. The highest BCUT2D eigenvalue weighted by molar-refractivity contribution is 7.16. The second-order valence-electron chi connectivity index (χ2n) is 6.06. The minimum Gasteiger partial charge on any atom is -0.379 e. The highest BCUT2D eigenvalue weighted by atomic mass is 35.5. The first-order valence-corrected chi connectivity index (χ1v) is 11.0. The van der Waals surface area contributed by atoms with Gasteiger partial charge in [-0.1, -0.05) is 32.4 Å². The van der Waals surface area contributed by atoms with Gasteiger partial charge in [0.2, 0.25) is 6.41 Å². The number of carbonyl (C=O) groups is 2. The number of thiophene rings is 1. The van der Waals surface area contributed by atoms with Crippen LogP contribution in [-0.2, 0) is 17.8 Å². The molecule has 1 aromatic carbocycles. The molecule has 0 radical (unpaired) electrons. The zero-order chi connectivity index (χ0) is 21.8. The van der Waals surface area contributed by atoms with Crippen LogP contribution in [0.25, 0.3) is 0 Å². The van der Waals surface area contributed by atoms with Crippen molar-refractivity contribution in [3.05, 3.63) is 45.3 Å². The van der Waals surface area contributed by atoms with E-state index in [0.717, 1.165) is 43.2 Å². The maximum atomic E-state index is 11.6.